The fourth-order valence-electron chi connectivity index (χ4n) is 3.50. The van der Waals surface area contributed by atoms with E-state index in [2.05, 4.69) is 43.0 Å². The number of benzene rings is 1. The van der Waals surface area contributed by atoms with Crippen LogP contribution >= 0.6 is 0 Å². The third kappa shape index (κ3) is 2.55. The molecule has 95 valence electrons. The van der Waals surface area contributed by atoms with Crippen LogP contribution in [0.4, 0.5) is 0 Å². The number of hydrogen-bond acceptors (Lipinski definition) is 1. The molecule has 0 amide bonds. The number of hydrogen-bond donors (Lipinski definition) is 0. The molecule has 18 heavy (non-hydrogen) atoms. The summed E-state index contributed by atoms with van der Waals surface area (Å²) < 4.78 is 0. The molecule has 1 nitrogen and oxygen atoms in total. The van der Waals surface area contributed by atoms with Gasteiger partial charge in [-0.2, -0.15) is 23.6 Å². The fraction of sp³-hybridized carbons (Fsp3) is 0.562. The summed E-state index contributed by atoms with van der Waals surface area (Å²) in [5.41, 5.74) is 3.34. The average molecular weight is 317 g/mol. The van der Waals surface area contributed by atoms with Crippen LogP contribution in [0.15, 0.2) is 24.3 Å². The zero-order chi connectivity index (χ0) is 11.9. The molecule has 0 aliphatic carbocycles. The molecule has 0 atom stereocenters. The number of aryl methyl sites for hydroxylation is 1. The van der Waals surface area contributed by atoms with Gasteiger partial charge in [0.15, 0.2) is 0 Å². The van der Waals surface area contributed by atoms with Crippen LogP contribution in [0.5, 0.6) is 0 Å². The van der Waals surface area contributed by atoms with Crippen molar-refractivity contribution >= 4 is 0 Å². The molecule has 0 N–H and O–H groups in total. The largest absolute Gasteiger partial charge is 0.303 e. The van der Waals surface area contributed by atoms with Gasteiger partial charge in [0.25, 0.3) is 0 Å². The Kier molecular flexibility index (Phi) is 4.57. The van der Waals surface area contributed by atoms with Gasteiger partial charge in [0, 0.05) is 32.7 Å². The van der Waals surface area contributed by atoms with Crippen molar-refractivity contribution in [3.05, 3.63) is 41.3 Å². The summed E-state index contributed by atoms with van der Waals surface area (Å²) in [6, 6.07) is 9.10. The van der Waals surface area contributed by atoms with Gasteiger partial charge in [-0.25, -0.2) is 0 Å². The Bertz CT molecular complexity index is 376. The summed E-state index contributed by atoms with van der Waals surface area (Å²) >= 11 is 0. The van der Waals surface area contributed by atoms with Crippen molar-refractivity contribution in [3.63, 3.8) is 0 Å². The molecule has 4 rings (SSSR count). The van der Waals surface area contributed by atoms with E-state index in [9.17, 15) is 0 Å². The molecule has 0 saturated carbocycles. The van der Waals surface area contributed by atoms with Crippen LogP contribution in [0.1, 0.15) is 37.3 Å². The Balaban J connectivity index is 0.00000120. The molecule has 1 aromatic rings. The van der Waals surface area contributed by atoms with Crippen molar-refractivity contribution in [2.75, 3.05) is 19.6 Å². The van der Waals surface area contributed by atoms with E-state index in [4.69, 9.17) is 0 Å². The zero-order valence-corrected chi connectivity index (χ0v) is 14.4. The average Bonchev–Trinajstić information content (AvgIpc) is 2.41. The van der Waals surface area contributed by atoms with Crippen molar-refractivity contribution in [3.8, 4) is 0 Å². The first kappa shape index (κ1) is 14.6. The first-order valence-corrected chi connectivity index (χ1v) is 6.83. The van der Waals surface area contributed by atoms with E-state index in [1.807, 2.05) is 0 Å². The molecular formula is C16H22NY-. The molecule has 1 radical (unpaired) electrons. The van der Waals surface area contributed by atoms with Gasteiger partial charge in [0.2, 0.25) is 0 Å². The van der Waals surface area contributed by atoms with E-state index < -0.39 is 0 Å². The third-order valence-electron chi connectivity index (χ3n) is 5.00. The van der Waals surface area contributed by atoms with Crippen LogP contribution in [0, 0.1) is 18.3 Å². The van der Waals surface area contributed by atoms with Gasteiger partial charge in [-0.1, -0.05) is 12.5 Å². The topological polar surface area (TPSA) is 3.24 Å². The standard InChI is InChI=1S/C16H22N.Y/c1-13-3-5-15(6-4-13)14(2)16-7-10-17(11-8-16)12-9-16;/h3-6H,7-12H2,1-2H3;/q-1;. The van der Waals surface area contributed by atoms with E-state index >= 15 is 0 Å². The SMILES string of the molecule is Cc1ccc([C-](C)C23CCN(CC2)CC3)cc1.[Y]. The maximum absolute atomic E-state index is 2.62. The molecule has 3 heterocycles. The van der Waals surface area contributed by atoms with Crippen molar-refractivity contribution < 1.29 is 32.7 Å². The maximum atomic E-state index is 2.62. The minimum atomic E-state index is 0. The molecule has 3 aliphatic rings. The molecule has 0 unspecified atom stereocenters. The Morgan fingerprint density at radius 1 is 1.00 bits per heavy atom. The second-order valence-electron chi connectivity index (χ2n) is 5.86. The van der Waals surface area contributed by atoms with Crippen LogP contribution in [0.3, 0.4) is 0 Å². The number of rotatable bonds is 2. The monoisotopic (exact) mass is 317 g/mol. The van der Waals surface area contributed by atoms with Crippen LogP contribution in [0.25, 0.3) is 0 Å². The molecule has 3 aliphatic heterocycles. The number of fused-ring (bicyclic) bond motifs is 3. The van der Waals surface area contributed by atoms with Gasteiger partial charge < -0.3 is 4.90 Å². The summed E-state index contributed by atoms with van der Waals surface area (Å²) in [5.74, 6) is 1.64. The first-order chi connectivity index (χ1) is 8.20. The molecule has 2 bridgehead atoms. The number of piperidine rings is 3. The molecule has 1 aromatic carbocycles. The van der Waals surface area contributed by atoms with Gasteiger partial charge in [-0.15, -0.1) is 12.1 Å². The second-order valence-corrected chi connectivity index (χ2v) is 5.86. The summed E-state index contributed by atoms with van der Waals surface area (Å²) in [7, 11) is 0. The van der Waals surface area contributed by atoms with Gasteiger partial charge in [-0.3, -0.25) is 0 Å². The Hall–Kier alpha value is 0.154. The molecular weight excluding hydrogens is 295 g/mol. The van der Waals surface area contributed by atoms with E-state index in [0.29, 0.717) is 5.41 Å². The number of nitrogens with zero attached hydrogens (tertiary/aromatic N) is 1. The second kappa shape index (κ2) is 5.65. The van der Waals surface area contributed by atoms with Gasteiger partial charge in [0.1, 0.15) is 0 Å². The van der Waals surface area contributed by atoms with Crippen molar-refractivity contribution in [2.45, 2.75) is 33.1 Å². The molecule has 2 heteroatoms. The Labute approximate surface area is 136 Å². The van der Waals surface area contributed by atoms with Crippen LogP contribution in [0.2, 0.25) is 0 Å². The molecule has 0 aromatic heterocycles. The predicted octanol–water partition coefficient (Wildman–Crippen LogP) is 3.42. The maximum Gasteiger partial charge on any atom is 0 e. The molecule has 3 saturated heterocycles. The van der Waals surface area contributed by atoms with E-state index in [-0.39, 0.29) is 32.7 Å². The van der Waals surface area contributed by atoms with E-state index in [1.165, 1.54) is 50.0 Å². The normalized spacial score (nSPS) is 29.8. The zero-order valence-electron chi connectivity index (χ0n) is 11.6. The molecule has 0 spiro atoms. The summed E-state index contributed by atoms with van der Waals surface area (Å²) in [6.07, 6.45) is 4.10. The van der Waals surface area contributed by atoms with E-state index in [1.54, 1.807) is 5.92 Å². The minimum Gasteiger partial charge on any atom is -0.303 e. The van der Waals surface area contributed by atoms with Crippen LogP contribution < -0.4 is 0 Å². The predicted molar refractivity (Wildman–Crippen MR) is 71.9 cm³/mol. The van der Waals surface area contributed by atoms with E-state index in [0.717, 1.165) is 0 Å². The Morgan fingerprint density at radius 3 is 2.00 bits per heavy atom. The fourth-order valence-corrected chi connectivity index (χ4v) is 3.50. The van der Waals surface area contributed by atoms with Gasteiger partial charge in [-0.05, 0) is 51.2 Å². The smallest absolute Gasteiger partial charge is 0 e. The van der Waals surface area contributed by atoms with Gasteiger partial charge >= 0.3 is 0 Å². The van der Waals surface area contributed by atoms with Crippen LogP contribution in [-0.4, -0.2) is 24.5 Å². The van der Waals surface area contributed by atoms with Crippen molar-refractivity contribution in [1.82, 2.24) is 4.90 Å². The van der Waals surface area contributed by atoms with Crippen molar-refractivity contribution in [1.29, 1.82) is 0 Å². The third-order valence-corrected chi connectivity index (χ3v) is 5.00. The quantitative estimate of drug-likeness (QED) is 0.756. The Morgan fingerprint density at radius 2 is 1.50 bits per heavy atom. The summed E-state index contributed by atoms with van der Waals surface area (Å²) in [5, 5.41) is 0. The summed E-state index contributed by atoms with van der Waals surface area (Å²) in [4.78, 5) is 2.62. The van der Waals surface area contributed by atoms with Crippen molar-refractivity contribution in [2.24, 2.45) is 5.41 Å². The molecule has 3 fully saturated rings. The first-order valence-electron chi connectivity index (χ1n) is 6.83. The van der Waals surface area contributed by atoms with Crippen LogP contribution in [-0.2, 0) is 32.7 Å². The van der Waals surface area contributed by atoms with Gasteiger partial charge in [0.05, 0.1) is 0 Å². The minimum absolute atomic E-state index is 0. The summed E-state index contributed by atoms with van der Waals surface area (Å²) in [6.45, 7) is 8.46.